The molecule has 96 valence electrons. The van der Waals surface area contributed by atoms with Gasteiger partial charge in [0, 0.05) is 15.8 Å². The van der Waals surface area contributed by atoms with Crippen LogP contribution in [0.3, 0.4) is 0 Å². The number of nitrogen functional groups attached to an aromatic ring is 1. The molecule has 0 fully saturated rings. The summed E-state index contributed by atoms with van der Waals surface area (Å²) in [5.74, 6) is 0. The molecule has 2 rings (SSSR count). The van der Waals surface area contributed by atoms with Crippen molar-refractivity contribution in [2.75, 3.05) is 11.1 Å². The van der Waals surface area contributed by atoms with Gasteiger partial charge in [0.2, 0.25) is 0 Å². The summed E-state index contributed by atoms with van der Waals surface area (Å²) < 4.78 is 1.05. The molecule has 2 aromatic carbocycles. The predicted molar refractivity (Wildman–Crippen MR) is 82.5 cm³/mol. The second-order valence-corrected chi connectivity index (χ2v) is 5.37. The lowest BCUT2D eigenvalue weighted by Crippen LogP contribution is -1.99. The smallest absolute Gasteiger partial charge is 0.101 e. The fourth-order valence-electron chi connectivity index (χ4n) is 2.01. The molecule has 19 heavy (non-hydrogen) atoms. The van der Waals surface area contributed by atoms with Gasteiger partial charge in [-0.1, -0.05) is 15.9 Å². The van der Waals surface area contributed by atoms with E-state index in [2.05, 4.69) is 27.3 Å². The molecule has 4 heteroatoms. The van der Waals surface area contributed by atoms with Crippen LogP contribution in [-0.4, -0.2) is 0 Å². The lowest BCUT2D eigenvalue weighted by Gasteiger charge is -2.14. The Bertz CT molecular complexity index is 649. The Morgan fingerprint density at radius 1 is 1.16 bits per heavy atom. The highest BCUT2D eigenvalue weighted by Crippen LogP contribution is 2.29. The maximum Gasteiger partial charge on any atom is 0.101 e. The summed E-state index contributed by atoms with van der Waals surface area (Å²) in [4.78, 5) is 0. The van der Waals surface area contributed by atoms with Crippen LogP contribution in [0.15, 0.2) is 34.8 Å². The number of aryl methyl sites for hydroxylation is 2. The first-order chi connectivity index (χ1) is 9.01. The van der Waals surface area contributed by atoms with Crippen molar-refractivity contribution in [3.63, 3.8) is 0 Å². The van der Waals surface area contributed by atoms with E-state index in [9.17, 15) is 0 Å². The number of hydrogen-bond acceptors (Lipinski definition) is 3. The van der Waals surface area contributed by atoms with Crippen LogP contribution in [0.2, 0.25) is 0 Å². The van der Waals surface area contributed by atoms with Crippen molar-refractivity contribution < 1.29 is 0 Å². The van der Waals surface area contributed by atoms with Crippen LogP contribution < -0.4 is 11.1 Å². The van der Waals surface area contributed by atoms with Crippen molar-refractivity contribution >= 4 is 33.0 Å². The molecule has 2 aromatic rings. The van der Waals surface area contributed by atoms with E-state index >= 15 is 0 Å². The van der Waals surface area contributed by atoms with Crippen LogP contribution in [0.4, 0.5) is 17.1 Å². The Morgan fingerprint density at radius 3 is 2.37 bits per heavy atom. The molecule has 3 N–H and O–H groups in total. The number of anilines is 3. The van der Waals surface area contributed by atoms with Gasteiger partial charge in [-0.05, 0) is 55.3 Å². The number of nitriles is 1. The van der Waals surface area contributed by atoms with Crippen LogP contribution in [0.5, 0.6) is 0 Å². The normalized spacial score (nSPS) is 10.0. The zero-order chi connectivity index (χ0) is 14.0. The molecule has 0 radical (unpaired) electrons. The molecule has 0 aliphatic heterocycles. The molecule has 0 atom stereocenters. The number of benzene rings is 2. The van der Waals surface area contributed by atoms with Gasteiger partial charge >= 0.3 is 0 Å². The van der Waals surface area contributed by atoms with E-state index in [0.717, 1.165) is 27.0 Å². The lowest BCUT2D eigenvalue weighted by molar-refractivity contribution is 1.34. The Balaban J connectivity index is 2.45. The van der Waals surface area contributed by atoms with Crippen LogP contribution in [-0.2, 0) is 0 Å². The largest absolute Gasteiger partial charge is 0.399 e. The molecule has 0 aliphatic rings. The van der Waals surface area contributed by atoms with Crippen molar-refractivity contribution in [2.24, 2.45) is 0 Å². The fourth-order valence-corrected chi connectivity index (χ4v) is 2.69. The average Bonchev–Trinajstić information content (AvgIpc) is 2.35. The molecule has 0 saturated carbocycles. The van der Waals surface area contributed by atoms with E-state index in [0.29, 0.717) is 11.3 Å². The molecule has 0 heterocycles. The minimum atomic E-state index is 0.543. The first-order valence-corrected chi connectivity index (χ1v) is 6.64. The van der Waals surface area contributed by atoms with E-state index in [-0.39, 0.29) is 0 Å². The molecular weight excluding hydrogens is 302 g/mol. The highest BCUT2D eigenvalue weighted by molar-refractivity contribution is 9.10. The zero-order valence-electron chi connectivity index (χ0n) is 10.8. The van der Waals surface area contributed by atoms with Gasteiger partial charge in [-0.25, -0.2) is 0 Å². The number of rotatable bonds is 2. The minimum Gasteiger partial charge on any atom is -0.399 e. The number of nitrogens with one attached hydrogen (secondary N) is 1. The second-order valence-electron chi connectivity index (χ2n) is 4.46. The third-order valence-electron chi connectivity index (χ3n) is 2.92. The van der Waals surface area contributed by atoms with Crippen LogP contribution >= 0.6 is 15.9 Å². The fraction of sp³-hybridized carbons (Fsp3) is 0.133. The van der Waals surface area contributed by atoms with Gasteiger partial charge in [0.1, 0.15) is 6.07 Å². The zero-order valence-corrected chi connectivity index (χ0v) is 12.4. The van der Waals surface area contributed by atoms with Gasteiger partial charge < -0.3 is 11.1 Å². The Kier molecular flexibility index (Phi) is 3.77. The summed E-state index contributed by atoms with van der Waals surface area (Å²) in [6.45, 7) is 4.06. The summed E-state index contributed by atoms with van der Waals surface area (Å²) in [6.07, 6.45) is 0. The van der Waals surface area contributed by atoms with Crippen molar-refractivity contribution in [3.8, 4) is 6.07 Å². The van der Waals surface area contributed by atoms with Crippen LogP contribution in [0.1, 0.15) is 16.7 Å². The molecule has 3 nitrogen and oxygen atoms in total. The topological polar surface area (TPSA) is 61.8 Å². The van der Waals surface area contributed by atoms with Crippen molar-refractivity contribution in [3.05, 3.63) is 51.5 Å². The first kappa shape index (κ1) is 13.4. The molecule has 0 bridgehead atoms. The molecule has 0 amide bonds. The number of nitrogens with zero attached hydrogens (tertiary/aromatic N) is 1. The standard InChI is InChI=1S/C15H14BrN3/c1-9-5-12(16)6-10(2)15(9)19-14-4-3-13(18)7-11(14)8-17/h3-7,19H,18H2,1-2H3. The monoisotopic (exact) mass is 315 g/mol. The average molecular weight is 316 g/mol. The summed E-state index contributed by atoms with van der Waals surface area (Å²) in [7, 11) is 0. The lowest BCUT2D eigenvalue weighted by atomic mass is 10.1. The van der Waals surface area contributed by atoms with E-state index < -0.39 is 0 Å². The maximum atomic E-state index is 9.15. The van der Waals surface area contributed by atoms with Gasteiger partial charge in [0.25, 0.3) is 0 Å². The third-order valence-corrected chi connectivity index (χ3v) is 3.38. The first-order valence-electron chi connectivity index (χ1n) is 5.84. The number of halogens is 1. The predicted octanol–water partition coefficient (Wildman–Crippen LogP) is 4.26. The highest BCUT2D eigenvalue weighted by Gasteiger charge is 2.08. The van der Waals surface area contributed by atoms with E-state index in [1.54, 1.807) is 12.1 Å². The highest BCUT2D eigenvalue weighted by atomic mass is 79.9. The van der Waals surface area contributed by atoms with Crippen molar-refractivity contribution in [2.45, 2.75) is 13.8 Å². The number of hydrogen-bond donors (Lipinski definition) is 2. The SMILES string of the molecule is Cc1cc(Br)cc(C)c1Nc1ccc(N)cc1C#N. The van der Waals surface area contributed by atoms with Gasteiger partial charge in [-0.15, -0.1) is 0 Å². The molecule has 0 unspecified atom stereocenters. The summed E-state index contributed by atoms with van der Waals surface area (Å²) in [5.41, 5.74) is 10.8. The van der Waals surface area contributed by atoms with Gasteiger partial charge in [-0.2, -0.15) is 5.26 Å². The minimum absolute atomic E-state index is 0.543. The number of nitrogens with two attached hydrogens (primary N) is 1. The maximum absolute atomic E-state index is 9.15. The van der Waals surface area contributed by atoms with Gasteiger partial charge in [-0.3, -0.25) is 0 Å². The quantitative estimate of drug-likeness (QED) is 0.814. The van der Waals surface area contributed by atoms with E-state index in [1.165, 1.54) is 0 Å². The molecule has 0 spiro atoms. The molecule has 0 aliphatic carbocycles. The Labute approximate surface area is 121 Å². The van der Waals surface area contributed by atoms with Gasteiger partial charge in [0.15, 0.2) is 0 Å². The Hall–Kier alpha value is -1.99. The van der Waals surface area contributed by atoms with Crippen LogP contribution in [0, 0.1) is 25.2 Å². The third kappa shape index (κ3) is 2.88. The van der Waals surface area contributed by atoms with E-state index in [1.807, 2.05) is 32.0 Å². The second kappa shape index (κ2) is 5.33. The summed E-state index contributed by atoms with van der Waals surface area (Å²) >= 11 is 3.47. The van der Waals surface area contributed by atoms with Crippen molar-refractivity contribution in [1.82, 2.24) is 0 Å². The Morgan fingerprint density at radius 2 is 1.79 bits per heavy atom. The van der Waals surface area contributed by atoms with Gasteiger partial charge in [0.05, 0.1) is 11.3 Å². The summed E-state index contributed by atoms with van der Waals surface area (Å²) in [5, 5.41) is 12.5. The van der Waals surface area contributed by atoms with Crippen LogP contribution in [0.25, 0.3) is 0 Å². The summed E-state index contributed by atoms with van der Waals surface area (Å²) in [6, 6.07) is 11.5. The molecular formula is C15H14BrN3. The molecule has 0 saturated heterocycles. The van der Waals surface area contributed by atoms with E-state index in [4.69, 9.17) is 11.0 Å². The van der Waals surface area contributed by atoms with Crippen molar-refractivity contribution in [1.29, 1.82) is 5.26 Å². The molecule has 0 aromatic heterocycles.